The summed E-state index contributed by atoms with van der Waals surface area (Å²) in [7, 11) is 0. The summed E-state index contributed by atoms with van der Waals surface area (Å²) in [5.41, 5.74) is 0. The van der Waals surface area contributed by atoms with Crippen molar-refractivity contribution < 1.29 is 14.4 Å². The van der Waals surface area contributed by atoms with Crippen molar-refractivity contribution in [2.75, 3.05) is 26.2 Å². The highest BCUT2D eigenvalue weighted by molar-refractivity contribution is 7.80. The van der Waals surface area contributed by atoms with E-state index in [0.717, 1.165) is 0 Å². The van der Waals surface area contributed by atoms with Gasteiger partial charge in [-0.25, -0.2) is 5.01 Å². The molecule has 8 nitrogen and oxygen atoms in total. The van der Waals surface area contributed by atoms with E-state index in [1.165, 1.54) is 18.3 Å². The Labute approximate surface area is 114 Å². The van der Waals surface area contributed by atoms with Crippen LogP contribution in [0.2, 0.25) is 0 Å². The van der Waals surface area contributed by atoms with Crippen molar-refractivity contribution in [2.45, 2.75) is 0 Å². The Balaban J connectivity index is 1.99. The molecule has 0 unspecified atom stereocenters. The molecule has 1 fully saturated rings. The molecule has 0 amide bonds. The van der Waals surface area contributed by atoms with E-state index in [0.29, 0.717) is 24.7 Å². The number of aliphatic hydroxyl groups is 1. The lowest BCUT2D eigenvalue weighted by Gasteiger charge is -2.16. The van der Waals surface area contributed by atoms with Crippen molar-refractivity contribution >= 4 is 29.4 Å². The Hall–Kier alpha value is -2.00. The van der Waals surface area contributed by atoms with Gasteiger partial charge in [0, 0.05) is 13.1 Å². The topological polar surface area (TPSA) is 95.4 Å². The van der Waals surface area contributed by atoms with Gasteiger partial charge in [-0.3, -0.25) is 10.1 Å². The monoisotopic (exact) mass is 284 g/mol. The first-order valence-corrected chi connectivity index (χ1v) is 5.98. The fourth-order valence-corrected chi connectivity index (χ4v) is 1.96. The molecule has 0 radical (unpaired) electrons. The molecule has 1 N–H and O–H groups in total. The summed E-state index contributed by atoms with van der Waals surface area (Å²) < 4.78 is 4.94. The second-order valence-corrected chi connectivity index (χ2v) is 4.16. The zero-order valence-corrected chi connectivity index (χ0v) is 10.7. The SMILES string of the molecule is O=[N+]([O-])c1ccc(C=NN2CCN(CCO)C2=S)o1. The maximum Gasteiger partial charge on any atom is 0.433 e. The van der Waals surface area contributed by atoms with Crippen molar-refractivity contribution in [3.8, 4) is 0 Å². The molecule has 2 heterocycles. The lowest BCUT2D eigenvalue weighted by molar-refractivity contribution is -0.402. The van der Waals surface area contributed by atoms with Crippen LogP contribution in [0.5, 0.6) is 0 Å². The van der Waals surface area contributed by atoms with Crippen LogP contribution in [-0.4, -0.2) is 57.5 Å². The minimum atomic E-state index is -0.610. The smallest absolute Gasteiger partial charge is 0.400 e. The van der Waals surface area contributed by atoms with E-state index in [4.69, 9.17) is 21.7 Å². The highest BCUT2D eigenvalue weighted by Gasteiger charge is 2.23. The molecule has 0 aromatic carbocycles. The van der Waals surface area contributed by atoms with Gasteiger partial charge in [0.2, 0.25) is 0 Å². The fraction of sp³-hybridized carbons (Fsp3) is 0.400. The first-order valence-electron chi connectivity index (χ1n) is 5.57. The van der Waals surface area contributed by atoms with E-state index in [2.05, 4.69) is 5.10 Å². The quantitative estimate of drug-likeness (QED) is 0.362. The summed E-state index contributed by atoms with van der Waals surface area (Å²) in [4.78, 5) is 11.7. The summed E-state index contributed by atoms with van der Waals surface area (Å²) in [6.45, 7) is 1.80. The molecule has 0 aliphatic carbocycles. The second-order valence-electron chi connectivity index (χ2n) is 3.79. The third-order valence-corrected chi connectivity index (χ3v) is 3.03. The average molecular weight is 284 g/mol. The zero-order chi connectivity index (χ0) is 13.8. The van der Waals surface area contributed by atoms with Crippen molar-refractivity contribution in [1.29, 1.82) is 0 Å². The molecule has 1 aliphatic rings. The Kier molecular flexibility index (Phi) is 4.07. The molecule has 1 saturated heterocycles. The van der Waals surface area contributed by atoms with Crippen LogP contribution in [0.15, 0.2) is 21.7 Å². The lowest BCUT2D eigenvalue weighted by atomic mass is 10.5. The van der Waals surface area contributed by atoms with E-state index in [-0.39, 0.29) is 18.3 Å². The van der Waals surface area contributed by atoms with Crippen molar-refractivity contribution in [1.82, 2.24) is 9.91 Å². The van der Waals surface area contributed by atoms with E-state index >= 15 is 0 Å². The lowest BCUT2D eigenvalue weighted by Crippen LogP contribution is -2.31. The number of rotatable bonds is 5. The van der Waals surface area contributed by atoms with E-state index in [1.54, 1.807) is 5.01 Å². The van der Waals surface area contributed by atoms with E-state index in [1.807, 2.05) is 4.90 Å². The summed E-state index contributed by atoms with van der Waals surface area (Å²) in [5, 5.41) is 25.5. The predicted molar refractivity (Wildman–Crippen MR) is 70.9 cm³/mol. The number of hydrogen-bond acceptors (Lipinski definition) is 6. The predicted octanol–water partition coefficient (Wildman–Crippen LogP) is 0.417. The van der Waals surface area contributed by atoms with Gasteiger partial charge in [-0.05, 0) is 18.3 Å². The summed E-state index contributed by atoms with van der Waals surface area (Å²) in [6, 6.07) is 2.73. The van der Waals surface area contributed by atoms with Crippen LogP contribution in [-0.2, 0) is 0 Å². The molecule has 0 bridgehead atoms. The Morgan fingerprint density at radius 3 is 3.00 bits per heavy atom. The van der Waals surface area contributed by atoms with Gasteiger partial charge in [0.15, 0.2) is 10.9 Å². The van der Waals surface area contributed by atoms with E-state index in [9.17, 15) is 10.1 Å². The summed E-state index contributed by atoms with van der Waals surface area (Å²) >= 11 is 5.18. The molecule has 102 valence electrons. The van der Waals surface area contributed by atoms with Gasteiger partial charge < -0.3 is 14.4 Å². The maximum absolute atomic E-state index is 10.4. The number of hydrazone groups is 1. The highest BCUT2D eigenvalue weighted by atomic mass is 32.1. The van der Waals surface area contributed by atoms with E-state index < -0.39 is 4.92 Å². The summed E-state index contributed by atoms with van der Waals surface area (Å²) in [6.07, 6.45) is 1.38. The van der Waals surface area contributed by atoms with Gasteiger partial charge in [0.25, 0.3) is 0 Å². The number of thiocarbonyl (C=S) groups is 1. The first kappa shape index (κ1) is 13.4. The molecule has 9 heteroatoms. The second kappa shape index (κ2) is 5.76. The van der Waals surface area contributed by atoms with Crippen LogP contribution in [0, 0.1) is 10.1 Å². The average Bonchev–Trinajstić information content (AvgIpc) is 2.97. The van der Waals surface area contributed by atoms with Crippen LogP contribution in [0.1, 0.15) is 5.76 Å². The first-order chi connectivity index (χ1) is 9.11. The van der Waals surface area contributed by atoms with Gasteiger partial charge in [0.1, 0.15) is 4.92 Å². The van der Waals surface area contributed by atoms with Crippen LogP contribution < -0.4 is 0 Å². The van der Waals surface area contributed by atoms with Crippen molar-refractivity contribution in [2.24, 2.45) is 5.10 Å². The van der Waals surface area contributed by atoms with Crippen LogP contribution in [0.25, 0.3) is 0 Å². The van der Waals surface area contributed by atoms with Gasteiger partial charge in [-0.2, -0.15) is 5.10 Å². The third-order valence-electron chi connectivity index (χ3n) is 2.56. The Bertz CT molecular complexity index is 515. The number of nitro groups is 1. The third kappa shape index (κ3) is 3.06. The molecule has 0 spiro atoms. The molecule has 0 atom stereocenters. The van der Waals surface area contributed by atoms with Crippen molar-refractivity contribution in [3.05, 3.63) is 28.0 Å². The fourth-order valence-electron chi connectivity index (χ4n) is 1.64. The largest absolute Gasteiger partial charge is 0.433 e. The molecule has 1 aromatic heterocycles. The molecular formula is C10H12N4O4S. The van der Waals surface area contributed by atoms with Crippen LogP contribution >= 0.6 is 12.2 Å². The van der Waals surface area contributed by atoms with Gasteiger partial charge in [-0.1, -0.05) is 0 Å². The Morgan fingerprint density at radius 2 is 2.37 bits per heavy atom. The Morgan fingerprint density at radius 1 is 1.58 bits per heavy atom. The van der Waals surface area contributed by atoms with Crippen molar-refractivity contribution in [3.63, 3.8) is 0 Å². The molecular weight excluding hydrogens is 272 g/mol. The summed E-state index contributed by atoms with van der Waals surface area (Å²) in [5.74, 6) is -0.0394. The minimum Gasteiger partial charge on any atom is -0.400 e. The number of furan rings is 1. The molecule has 1 aliphatic heterocycles. The van der Waals surface area contributed by atoms with Gasteiger partial charge in [0.05, 0.1) is 25.4 Å². The molecule has 2 rings (SSSR count). The molecule has 0 saturated carbocycles. The minimum absolute atomic E-state index is 0.0298. The number of hydrogen-bond donors (Lipinski definition) is 1. The van der Waals surface area contributed by atoms with Crippen LogP contribution in [0.3, 0.4) is 0 Å². The standard InChI is InChI=1S/C10H12N4O4S/c15-6-5-12-3-4-13(10(12)19)11-7-8-1-2-9(18-8)14(16)17/h1-2,7,15H,3-6H2. The number of β-amino-alcohol motifs (C(OH)–C–C–N with tert-alkyl or cyclic N) is 1. The normalized spacial score (nSPS) is 15.7. The number of nitrogens with zero attached hydrogens (tertiary/aromatic N) is 4. The van der Waals surface area contributed by atoms with Gasteiger partial charge in [-0.15, -0.1) is 0 Å². The van der Waals surface area contributed by atoms with Crippen LogP contribution in [0.4, 0.5) is 5.88 Å². The highest BCUT2D eigenvalue weighted by Crippen LogP contribution is 2.15. The number of aliphatic hydroxyl groups excluding tert-OH is 1. The molecule has 1 aromatic rings. The molecule has 19 heavy (non-hydrogen) atoms. The van der Waals surface area contributed by atoms with Gasteiger partial charge >= 0.3 is 5.88 Å². The zero-order valence-electron chi connectivity index (χ0n) is 9.93. The maximum atomic E-state index is 10.4.